The zero-order chi connectivity index (χ0) is 21.5. The highest BCUT2D eigenvalue weighted by molar-refractivity contribution is 5.69. The van der Waals surface area contributed by atoms with Crippen molar-refractivity contribution in [2.45, 2.75) is 71.3 Å². The van der Waals surface area contributed by atoms with Gasteiger partial charge in [0.15, 0.2) is 5.82 Å². The highest BCUT2D eigenvalue weighted by Crippen LogP contribution is 2.34. The van der Waals surface area contributed by atoms with Gasteiger partial charge in [-0.15, -0.1) is 10.2 Å². The lowest BCUT2D eigenvalue weighted by Gasteiger charge is -2.19. The minimum Gasteiger partial charge on any atom is -0.260 e. The predicted molar refractivity (Wildman–Crippen MR) is 119 cm³/mol. The number of aromatic nitrogens is 8. The van der Waals surface area contributed by atoms with Gasteiger partial charge in [0, 0.05) is 36.2 Å². The average molecular weight is 419 g/mol. The summed E-state index contributed by atoms with van der Waals surface area (Å²) in [6, 6.07) is 4.25. The Morgan fingerprint density at radius 1 is 1.13 bits per heavy atom. The van der Waals surface area contributed by atoms with Gasteiger partial charge in [-0.1, -0.05) is 51.0 Å². The minimum absolute atomic E-state index is 0.129. The molecule has 3 aromatic rings. The van der Waals surface area contributed by atoms with Gasteiger partial charge in [-0.2, -0.15) is 10.3 Å². The lowest BCUT2D eigenvalue weighted by Crippen LogP contribution is -2.10. The van der Waals surface area contributed by atoms with E-state index in [1.54, 1.807) is 0 Å². The van der Waals surface area contributed by atoms with Crippen LogP contribution in [0.3, 0.4) is 0 Å². The fourth-order valence-electron chi connectivity index (χ4n) is 3.85. The molecule has 0 spiro atoms. The molecule has 1 unspecified atom stereocenters. The van der Waals surface area contributed by atoms with Crippen molar-refractivity contribution in [3.8, 4) is 0 Å². The molecule has 0 aliphatic heterocycles. The zero-order valence-corrected chi connectivity index (χ0v) is 18.3. The number of aromatic amines is 1. The number of hydrogen-bond acceptors (Lipinski definition) is 6. The number of H-pyrrole nitrogens is 1. The fraction of sp³-hybridized carbons (Fsp3) is 0.478. The normalized spacial score (nSPS) is 15.9. The van der Waals surface area contributed by atoms with Crippen LogP contribution in [0.2, 0.25) is 0 Å². The van der Waals surface area contributed by atoms with E-state index in [1.807, 2.05) is 18.3 Å². The molecule has 0 amide bonds. The van der Waals surface area contributed by atoms with Crippen LogP contribution in [-0.4, -0.2) is 40.4 Å². The van der Waals surface area contributed by atoms with Crippen molar-refractivity contribution >= 4 is 5.57 Å². The summed E-state index contributed by atoms with van der Waals surface area (Å²) < 4.78 is 2.06. The molecule has 31 heavy (non-hydrogen) atoms. The summed E-state index contributed by atoms with van der Waals surface area (Å²) in [7, 11) is 0. The molecule has 0 aromatic carbocycles. The van der Waals surface area contributed by atoms with E-state index in [1.165, 1.54) is 0 Å². The second kappa shape index (κ2) is 10.2. The van der Waals surface area contributed by atoms with Gasteiger partial charge in [0.2, 0.25) is 5.82 Å². The highest BCUT2D eigenvalue weighted by atomic mass is 15.5. The van der Waals surface area contributed by atoms with E-state index < -0.39 is 0 Å². The molecule has 8 heteroatoms. The molecule has 1 aliphatic carbocycles. The van der Waals surface area contributed by atoms with Gasteiger partial charge >= 0.3 is 0 Å². The molecule has 4 rings (SSSR count). The second-order valence-corrected chi connectivity index (χ2v) is 7.97. The van der Waals surface area contributed by atoms with Crippen molar-refractivity contribution in [1.82, 2.24) is 40.4 Å². The van der Waals surface area contributed by atoms with Crippen LogP contribution >= 0.6 is 0 Å². The Bertz CT molecular complexity index is 1010. The van der Waals surface area contributed by atoms with Gasteiger partial charge in [-0.05, 0) is 36.1 Å². The highest BCUT2D eigenvalue weighted by Gasteiger charge is 2.23. The van der Waals surface area contributed by atoms with E-state index in [9.17, 15) is 0 Å². The maximum absolute atomic E-state index is 4.80. The molecule has 8 nitrogen and oxygen atoms in total. The number of nitrogens with one attached hydrogen (secondary N) is 1. The predicted octanol–water partition coefficient (Wildman–Crippen LogP) is 4.05. The molecular weight excluding hydrogens is 388 g/mol. The standard InChI is InChI=1S/C23H30N8/c1-3-5-11-21-25-22(12-6-4-2)31(28-21)16-17-13-14-20(24-15-17)18-9-7-8-10-19(18)23-26-29-30-27-23/h7-8,10,13-15,18H,3-6,9,11-12,16H2,1-2H3,(H,26,27,29,30). The topological polar surface area (TPSA) is 98.1 Å². The summed E-state index contributed by atoms with van der Waals surface area (Å²) in [5, 5.41) is 19.3. The van der Waals surface area contributed by atoms with Gasteiger partial charge < -0.3 is 0 Å². The van der Waals surface area contributed by atoms with Crippen LogP contribution in [-0.2, 0) is 19.4 Å². The molecule has 1 N–H and O–H groups in total. The van der Waals surface area contributed by atoms with Gasteiger partial charge in [0.1, 0.15) is 5.82 Å². The quantitative estimate of drug-likeness (QED) is 0.533. The maximum Gasteiger partial charge on any atom is 0.201 e. The Morgan fingerprint density at radius 3 is 2.74 bits per heavy atom. The summed E-state index contributed by atoms with van der Waals surface area (Å²) in [5.74, 6) is 2.80. The van der Waals surface area contributed by atoms with E-state index >= 15 is 0 Å². The van der Waals surface area contributed by atoms with Gasteiger partial charge in [-0.3, -0.25) is 4.98 Å². The van der Waals surface area contributed by atoms with E-state index in [-0.39, 0.29) is 5.92 Å². The molecule has 0 bridgehead atoms. The zero-order valence-electron chi connectivity index (χ0n) is 18.3. The number of allylic oxidation sites excluding steroid dienone is 4. The van der Waals surface area contributed by atoms with Crippen LogP contribution in [0.5, 0.6) is 0 Å². The first-order valence-corrected chi connectivity index (χ1v) is 11.3. The van der Waals surface area contributed by atoms with E-state index in [0.717, 1.165) is 73.4 Å². The number of rotatable bonds is 10. The summed E-state index contributed by atoms with van der Waals surface area (Å²) in [5.41, 5.74) is 3.18. The van der Waals surface area contributed by atoms with E-state index in [0.29, 0.717) is 12.4 Å². The SMILES string of the molecule is CCCCc1nc(CCCC)n(Cc2ccc(C3CC=CC=C3c3nn[nH]n3)nc2)n1. The van der Waals surface area contributed by atoms with Gasteiger partial charge in [-0.25, -0.2) is 9.67 Å². The molecule has 0 fully saturated rings. The number of unbranched alkanes of at least 4 members (excludes halogenated alkanes) is 2. The van der Waals surface area contributed by atoms with Crippen LogP contribution in [0, 0.1) is 0 Å². The Hall–Kier alpha value is -3.16. The van der Waals surface area contributed by atoms with Crippen LogP contribution in [0.25, 0.3) is 5.57 Å². The number of pyridine rings is 1. The smallest absolute Gasteiger partial charge is 0.201 e. The van der Waals surface area contributed by atoms with Crippen LogP contribution in [0.15, 0.2) is 36.6 Å². The second-order valence-electron chi connectivity index (χ2n) is 7.97. The van der Waals surface area contributed by atoms with Crippen molar-refractivity contribution < 1.29 is 0 Å². The molecule has 3 heterocycles. The first-order chi connectivity index (χ1) is 15.3. The van der Waals surface area contributed by atoms with Crippen LogP contribution < -0.4 is 0 Å². The van der Waals surface area contributed by atoms with Gasteiger partial charge in [0.25, 0.3) is 0 Å². The summed E-state index contributed by atoms with van der Waals surface area (Å²) >= 11 is 0. The molecule has 1 aliphatic rings. The Kier molecular flexibility index (Phi) is 6.96. The minimum atomic E-state index is 0.129. The molecule has 1 atom stereocenters. The Morgan fingerprint density at radius 2 is 2.00 bits per heavy atom. The van der Waals surface area contributed by atoms with Crippen molar-refractivity contribution in [3.63, 3.8) is 0 Å². The number of tetrazole rings is 1. The molecule has 0 radical (unpaired) electrons. The van der Waals surface area contributed by atoms with Crippen molar-refractivity contribution in [2.24, 2.45) is 0 Å². The summed E-state index contributed by atoms with van der Waals surface area (Å²) in [6.07, 6.45) is 15.5. The first kappa shape index (κ1) is 21.1. The van der Waals surface area contributed by atoms with E-state index in [2.05, 4.69) is 57.4 Å². The lowest BCUT2D eigenvalue weighted by atomic mass is 9.87. The molecule has 0 saturated heterocycles. The number of nitrogens with zero attached hydrogens (tertiary/aromatic N) is 7. The maximum atomic E-state index is 4.80. The molecule has 0 saturated carbocycles. The third kappa shape index (κ3) is 5.13. The lowest BCUT2D eigenvalue weighted by molar-refractivity contribution is 0.610. The third-order valence-corrected chi connectivity index (χ3v) is 5.60. The van der Waals surface area contributed by atoms with E-state index in [4.69, 9.17) is 15.1 Å². The average Bonchev–Trinajstić information content (AvgIpc) is 3.47. The van der Waals surface area contributed by atoms with Crippen LogP contribution in [0.1, 0.15) is 80.6 Å². The Balaban J connectivity index is 1.50. The first-order valence-electron chi connectivity index (χ1n) is 11.3. The van der Waals surface area contributed by atoms with Crippen molar-refractivity contribution in [3.05, 3.63) is 65.3 Å². The molecular formula is C23H30N8. The van der Waals surface area contributed by atoms with Gasteiger partial charge in [0.05, 0.1) is 6.54 Å². The van der Waals surface area contributed by atoms with Crippen molar-refractivity contribution in [2.75, 3.05) is 0 Å². The van der Waals surface area contributed by atoms with Crippen LogP contribution in [0.4, 0.5) is 0 Å². The monoisotopic (exact) mass is 418 g/mol. The fourth-order valence-corrected chi connectivity index (χ4v) is 3.85. The largest absolute Gasteiger partial charge is 0.260 e. The Labute approximate surface area is 182 Å². The summed E-state index contributed by atoms with van der Waals surface area (Å²) in [4.78, 5) is 9.59. The molecule has 162 valence electrons. The molecule has 3 aromatic heterocycles. The third-order valence-electron chi connectivity index (χ3n) is 5.60. The number of hydrogen-bond donors (Lipinski definition) is 1. The van der Waals surface area contributed by atoms with Crippen molar-refractivity contribution in [1.29, 1.82) is 0 Å². The number of aryl methyl sites for hydroxylation is 2. The summed E-state index contributed by atoms with van der Waals surface area (Å²) in [6.45, 7) is 5.10.